The summed E-state index contributed by atoms with van der Waals surface area (Å²) in [5, 5.41) is 0. The Morgan fingerprint density at radius 3 is 2.44 bits per heavy atom. The Bertz CT molecular complexity index is 110. The summed E-state index contributed by atoms with van der Waals surface area (Å²) in [5.41, 5.74) is 1.28. The second kappa shape index (κ2) is 4.30. The molecule has 0 aliphatic heterocycles. The van der Waals surface area contributed by atoms with E-state index in [1.807, 2.05) is 20.8 Å². The van der Waals surface area contributed by atoms with E-state index in [4.69, 9.17) is 0 Å². The maximum Gasteiger partial charge on any atom is 0.120 e. The Kier molecular flexibility index (Phi) is 4.02. The molecule has 1 unspecified atom stereocenters. The van der Waals surface area contributed by atoms with Crippen molar-refractivity contribution < 1.29 is 4.79 Å². The zero-order valence-corrected chi connectivity index (χ0v) is 6.35. The number of allylic oxidation sites excluding steroid dienone is 2. The summed E-state index contributed by atoms with van der Waals surface area (Å²) in [6, 6.07) is 0. The predicted molar refractivity (Wildman–Crippen MR) is 39.3 cm³/mol. The number of hydrogen-bond donors (Lipinski definition) is 0. The van der Waals surface area contributed by atoms with Crippen LogP contribution in [0.3, 0.4) is 0 Å². The van der Waals surface area contributed by atoms with Gasteiger partial charge in [-0.25, -0.2) is 0 Å². The first-order valence-corrected chi connectivity index (χ1v) is 3.25. The second-order valence-corrected chi connectivity index (χ2v) is 2.62. The van der Waals surface area contributed by atoms with Crippen LogP contribution in [0.15, 0.2) is 11.6 Å². The predicted octanol–water partition coefficient (Wildman–Crippen LogP) is 2.18. The Morgan fingerprint density at radius 2 is 2.11 bits per heavy atom. The quantitative estimate of drug-likeness (QED) is 0.418. The van der Waals surface area contributed by atoms with E-state index < -0.39 is 0 Å². The van der Waals surface area contributed by atoms with Crippen molar-refractivity contribution in [2.75, 3.05) is 0 Å². The van der Waals surface area contributed by atoms with Crippen LogP contribution in [0.25, 0.3) is 0 Å². The van der Waals surface area contributed by atoms with E-state index in [-0.39, 0.29) is 0 Å². The number of carbonyl (C=O) groups excluding carboxylic acids is 1. The molecule has 1 nitrogen and oxygen atoms in total. The summed E-state index contributed by atoms with van der Waals surface area (Å²) in [6.07, 6.45) is 3.71. The van der Waals surface area contributed by atoms with Gasteiger partial charge >= 0.3 is 0 Å². The smallest absolute Gasteiger partial charge is 0.120 e. The number of aldehydes is 1. The highest BCUT2D eigenvalue weighted by Crippen LogP contribution is 2.04. The summed E-state index contributed by atoms with van der Waals surface area (Å²) < 4.78 is 0. The van der Waals surface area contributed by atoms with Crippen molar-refractivity contribution in [2.24, 2.45) is 5.92 Å². The van der Waals surface area contributed by atoms with Gasteiger partial charge in [-0.15, -0.1) is 0 Å². The molecule has 0 bridgehead atoms. The summed E-state index contributed by atoms with van der Waals surface area (Å²) in [4.78, 5) is 9.97. The van der Waals surface area contributed by atoms with E-state index in [2.05, 4.69) is 6.08 Å². The van der Waals surface area contributed by atoms with Gasteiger partial charge in [0.1, 0.15) is 6.29 Å². The van der Waals surface area contributed by atoms with Crippen molar-refractivity contribution in [2.45, 2.75) is 27.2 Å². The van der Waals surface area contributed by atoms with Crippen LogP contribution in [-0.2, 0) is 4.79 Å². The lowest BCUT2D eigenvalue weighted by Gasteiger charge is -1.98. The molecule has 0 saturated carbocycles. The van der Waals surface area contributed by atoms with Crippen LogP contribution in [-0.4, -0.2) is 6.29 Å². The molecule has 0 radical (unpaired) electrons. The molecule has 0 aromatic carbocycles. The van der Waals surface area contributed by atoms with Crippen LogP contribution in [0.1, 0.15) is 27.2 Å². The SMILES string of the molecule is CC(C)=CC(C)CC=O. The van der Waals surface area contributed by atoms with Crippen molar-refractivity contribution in [1.29, 1.82) is 0 Å². The molecule has 0 amide bonds. The molecule has 0 fully saturated rings. The van der Waals surface area contributed by atoms with Gasteiger partial charge in [-0.05, 0) is 19.8 Å². The van der Waals surface area contributed by atoms with Crippen molar-refractivity contribution >= 4 is 6.29 Å². The first-order chi connectivity index (χ1) is 4.16. The minimum atomic E-state index is 0.410. The molecular formula is C8H14O. The van der Waals surface area contributed by atoms with E-state index in [1.54, 1.807) is 0 Å². The largest absolute Gasteiger partial charge is 0.303 e. The molecule has 1 heteroatoms. The number of carbonyl (C=O) groups is 1. The Hall–Kier alpha value is -0.590. The van der Waals surface area contributed by atoms with Gasteiger partial charge < -0.3 is 4.79 Å². The monoisotopic (exact) mass is 126 g/mol. The van der Waals surface area contributed by atoms with Gasteiger partial charge in [-0.1, -0.05) is 18.6 Å². The topological polar surface area (TPSA) is 17.1 Å². The molecule has 0 heterocycles. The third-order valence-electron chi connectivity index (χ3n) is 1.09. The first kappa shape index (κ1) is 8.41. The van der Waals surface area contributed by atoms with Gasteiger partial charge in [0, 0.05) is 6.42 Å². The summed E-state index contributed by atoms with van der Waals surface area (Å²) in [7, 11) is 0. The second-order valence-electron chi connectivity index (χ2n) is 2.62. The van der Waals surface area contributed by atoms with E-state index in [0.717, 1.165) is 6.29 Å². The fourth-order valence-corrected chi connectivity index (χ4v) is 0.789. The molecule has 0 spiro atoms. The fraction of sp³-hybridized carbons (Fsp3) is 0.625. The molecule has 0 aliphatic rings. The zero-order chi connectivity index (χ0) is 7.28. The highest BCUT2D eigenvalue weighted by Gasteiger charge is 1.93. The van der Waals surface area contributed by atoms with E-state index >= 15 is 0 Å². The normalized spacial score (nSPS) is 12.3. The van der Waals surface area contributed by atoms with Crippen LogP contribution in [0.5, 0.6) is 0 Å². The molecule has 0 N–H and O–H groups in total. The molecule has 0 rings (SSSR count). The third-order valence-corrected chi connectivity index (χ3v) is 1.09. The lowest BCUT2D eigenvalue weighted by Crippen LogP contribution is -1.90. The average molecular weight is 126 g/mol. The van der Waals surface area contributed by atoms with Crippen LogP contribution in [0.4, 0.5) is 0 Å². The van der Waals surface area contributed by atoms with Crippen molar-refractivity contribution in [1.82, 2.24) is 0 Å². The van der Waals surface area contributed by atoms with Gasteiger partial charge in [-0.2, -0.15) is 0 Å². The highest BCUT2D eigenvalue weighted by molar-refractivity contribution is 5.50. The van der Waals surface area contributed by atoms with Gasteiger partial charge in [0.2, 0.25) is 0 Å². The first-order valence-electron chi connectivity index (χ1n) is 3.25. The van der Waals surface area contributed by atoms with Crippen LogP contribution < -0.4 is 0 Å². The van der Waals surface area contributed by atoms with E-state index in [1.165, 1.54) is 5.57 Å². The molecule has 1 atom stereocenters. The molecule has 0 aromatic heterocycles. The minimum Gasteiger partial charge on any atom is -0.303 e. The molecular weight excluding hydrogens is 112 g/mol. The van der Waals surface area contributed by atoms with Crippen molar-refractivity contribution in [3.63, 3.8) is 0 Å². The van der Waals surface area contributed by atoms with Gasteiger partial charge in [0.15, 0.2) is 0 Å². The number of rotatable bonds is 3. The lowest BCUT2D eigenvalue weighted by molar-refractivity contribution is -0.108. The van der Waals surface area contributed by atoms with E-state index in [0.29, 0.717) is 12.3 Å². The van der Waals surface area contributed by atoms with Crippen molar-refractivity contribution in [3.05, 3.63) is 11.6 Å². The van der Waals surface area contributed by atoms with Gasteiger partial charge in [-0.3, -0.25) is 0 Å². The molecule has 0 aliphatic carbocycles. The molecule has 52 valence electrons. The standard InChI is InChI=1S/C8H14O/c1-7(2)6-8(3)4-5-9/h5-6,8H,4H2,1-3H3. The maximum absolute atomic E-state index is 9.97. The van der Waals surface area contributed by atoms with Crippen LogP contribution >= 0.6 is 0 Å². The Balaban J connectivity index is 3.61. The molecule has 0 saturated heterocycles. The lowest BCUT2D eigenvalue weighted by atomic mass is 10.1. The summed E-state index contributed by atoms with van der Waals surface area (Å²) in [5.74, 6) is 0.410. The van der Waals surface area contributed by atoms with Gasteiger partial charge in [0.25, 0.3) is 0 Å². The zero-order valence-electron chi connectivity index (χ0n) is 6.35. The molecule has 9 heavy (non-hydrogen) atoms. The van der Waals surface area contributed by atoms with Gasteiger partial charge in [0.05, 0.1) is 0 Å². The molecule has 0 aromatic rings. The fourth-order valence-electron chi connectivity index (χ4n) is 0.789. The van der Waals surface area contributed by atoms with Crippen molar-refractivity contribution in [3.8, 4) is 0 Å². The Morgan fingerprint density at radius 1 is 1.56 bits per heavy atom. The minimum absolute atomic E-state index is 0.410. The van der Waals surface area contributed by atoms with Crippen LogP contribution in [0, 0.1) is 5.92 Å². The Labute approximate surface area is 56.8 Å². The summed E-state index contributed by atoms with van der Waals surface area (Å²) in [6.45, 7) is 6.13. The maximum atomic E-state index is 9.97. The average Bonchev–Trinajstić information content (AvgIpc) is 1.63. The highest BCUT2D eigenvalue weighted by atomic mass is 16.1. The van der Waals surface area contributed by atoms with Crippen LogP contribution in [0.2, 0.25) is 0 Å². The third kappa shape index (κ3) is 5.28. The van der Waals surface area contributed by atoms with E-state index in [9.17, 15) is 4.79 Å². The number of hydrogen-bond acceptors (Lipinski definition) is 1. The summed E-state index contributed by atoms with van der Waals surface area (Å²) >= 11 is 0.